The Kier molecular flexibility index (Phi) is 7.34. The number of hydrazone groups is 1. The molecule has 1 aromatic carbocycles. The molecule has 0 atom stereocenters. The fourth-order valence-corrected chi connectivity index (χ4v) is 3.46. The van der Waals surface area contributed by atoms with E-state index in [9.17, 15) is 18.0 Å². The predicted octanol–water partition coefficient (Wildman–Crippen LogP) is 4.43. The summed E-state index contributed by atoms with van der Waals surface area (Å²) in [6, 6.07) is 11.3. The Morgan fingerprint density at radius 1 is 1.17 bits per heavy atom. The molecular formula is C23H19ClF3N7O2. The van der Waals surface area contributed by atoms with E-state index in [-0.39, 0.29) is 29.7 Å². The van der Waals surface area contributed by atoms with Gasteiger partial charge in [0.15, 0.2) is 5.65 Å². The SMILES string of the molecule is COc1ccc(/C=N\Nc2nc3cccnc3n(CCNc3ncc(C(F)(F)F)cc3Cl)c2=O)cc1. The van der Waals surface area contributed by atoms with Crippen molar-refractivity contribution in [3.8, 4) is 5.75 Å². The van der Waals surface area contributed by atoms with Crippen LogP contribution in [0.5, 0.6) is 5.75 Å². The van der Waals surface area contributed by atoms with Crippen LogP contribution in [0.3, 0.4) is 0 Å². The van der Waals surface area contributed by atoms with Gasteiger partial charge in [-0.3, -0.25) is 14.8 Å². The third kappa shape index (κ3) is 5.71. The Morgan fingerprint density at radius 3 is 2.64 bits per heavy atom. The first-order valence-electron chi connectivity index (χ1n) is 10.5. The number of aromatic nitrogens is 4. The Balaban J connectivity index is 1.52. The third-order valence-electron chi connectivity index (χ3n) is 5.00. The first-order valence-corrected chi connectivity index (χ1v) is 10.9. The van der Waals surface area contributed by atoms with Crippen LogP contribution >= 0.6 is 11.6 Å². The number of anilines is 2. The van der Waals surface area contributed by atoms with E-state index in [1.807, 2.05) is 0 Å². The Labute approximate surface area is 207 Å². The van der Waals surface area contributed by atoms with E-state index in [1.54, 1.807) is 43.5 Å². The number of fused-ring (bicyclic) bond motifs is 1. The van der Waals surface area contributed by atoms with Gasteiger partial charge in [0, 0.05) is 25.5 Å². The van der Waals surface area contributed by atoms with Crippen LogP contribution in [0.1, 0.15) is 11.1 Å². The molecule has 0 aliphatic carbocycles. The van der Waals surface area contributed by atoms with Gasteiger partial charge < -0.3 is 10.1 Å². The lowest BCUT2D eigenvalue weighted by Crippen LogP contribution is -2.28. The predicted molar refractivity (Wildman–Crippen MR) is 131 cm³/mol. The van der Waals surface area contributed by atoms with Gasteiger partial charge in [-0.05, 0) is 48.0 Å². The van der Waals surface area contributed by atoms with Gasteiger partial charge >= 0.3 is 6.18 Å². The molecule has 0 unspecified atom stereocenters. The van der Waals surface area contributed by atoms with Gasteiger partial charge in [-0.2, -0.15) is 18.3 Å². The minimum absolute atomic E-state index is 0.0223. The largest absolute Gasteiger partial charge is 0.497 e. The molecule has 0 aliphatic heterocycles. The van der Waals surface area contributed by atoms with Gasteiger partial charge in [0.2, 0.25) is 5.82 Å². The normalized spacial score (nSPS) is 11.7. The minimum atomic E-state index is -4.55. The van der Waals surface area contributed by atoms with Gasteiger partial charge in [0.25, 0.3) is 5.56 Å². The Bertz CT molecular complexity index is 1460. The molecule has 4 aromatic rings. The van der Waals surface area contributed by atoms with E-state index in [2.05, 4.69) is 30.8 Å². The summed E-state index contributed by atoms with van der Waals surface area (Å²) >= 11 is 5.94. The van der Waals surface area contributed by atoms with E-state index in [0.29, 0.717) is 23.1 Å². The van der Waals surface area contributed by atoms with Crippen molar-refractivity contribution in [2.45, 2.75) is 12.7 Å². The molecule has 4 rings (SSSR count). The van der Waals surface area contributed by atoms with Gasteiger partial charge in [-0.25, -0.2) is 15.0 Å². The molecule has 2 N–H and O–H groups in total. The number of nitrogens with zero attached hydrogens (tertiary/aromatic N) is 5. The highest BCUT2D eigenvalue weighted by atomic mass is 35.5. The number of pyridine rings is 2. The molecule has 186 valence electrons. The number of rotatable bonds is 8. The number of nitrogens with one attached hydrogen (secondary N) is 2. The maximum Gasteiger partial charge on any atom is 0.417 e. The monoisotopic (exact) mass is 517 g/mol. The van der Waals surface area contributed by atoms with Crippen LogP contribution in [0, 0.1) is 0 Å². The van der Waals surface area contributed by atoms with Crippen LogP contribution in [0.4, 0.5) is 24.8 Å². The number of benzene rings is 1. The van der Waals surface area contributed by atoms with E-state index >= 15 is 0 Å². The number of alkyl halides is 3. The molecule has 9 nitrogen and oxygen atoms in total. The molecule has 0 fully saturated rings. The van der Waals surface area contributed by atoms with Crippen molar-refractivity contribution in [3.05, 3.63) is 81.4 Å². The van der Waals surface area contributed by atoms with Gasteiger partial charge in [-0.1, -0.05) is 11.6 Å². The fourth-order valence-electron chi connectivity index (χ4n) is 3.22. The average molecular weight is 518 g/mol. The summed E-state index contributed by atoms with van der Waals surface area (Å²) in [7, 11) is 1.57. The highest BCUT2D eigenvalue weighted by molar-refractivity contribution is 6.32. The molecule has 0 saturated heterocycles. The first-order chi connectivity index (χ1) is 17.3. The van der Waals surface area contributed by atoms with E-state index in [1.165, 1.54) is 17.0 Å². The van der Waals surface area contributed by atoms with Crippen LogP contribution in [0.2, 0.25) is 5.02 Å². The summed E-state index contributed by atoms with van der Waals surface area (Å²) in [5, 5.41) is 6.75. The van der Waals surface area contributed by atoms with Crippen molar-refractivity contribution >= 4 is 40.6 Å². The number of ether oxygens (including phenoxy) is 1. The van der Waals surface area contributed by atoms with E-state index < -0.39 is 17.3 Å². The number of hydrogen-bond donors (Lipinski definition) is 2. The molecule has 0 radical (unpaired) electrons. The number of halogens is 4. The van der Waals surface area contributed by atoms with E-state index in [0.717, 1.165) is 11.6 Å². The van der Waals surface area contributed by atoms with Crippen LogP contribution in [-0.2, 0) is 12.7 Å². The minimum Gasteiger partial charge on any atom is -0.497 e. The second-order valence-corrected chi connectivity index (χ2v) is 7.79. The topological polar surface area (TPSA) is 106 Å². The summed E-state index contributed by atoms with van der Waals surface area (Å²) in [6.45, 7) is 0.229. The number of hydrogen-bond acceptors (Lipinski definition) is 8. The highest BCUT2D eigenvalue weighted by Crippen LogP contribution is 2.32. The van der Waals surface area contributed by atoms with Crippen molar-refractivity contribution < 1.29 is 17.9 Å². The smallest absolute Gasteiger partial charge is 0.417 e. The molecule has 36 heavy (non-hydrogen) atoms. The molecule has 3 aromatic heterocycles. The Hall–Kier alpha value is -4.19. The van der Waals surface area contributed by atoms with Crippen molar-refractivity contribution in [1.29, 1.82) is 0 Å². The zero-order valence-corrected chi connectivity index (χ0v) is 19.5. The number of methoxy groups -OCH3 is 1. The Morgan fingerprint density at radius 2 is 1.94 bits per heavy atom. The quantitative estimate of drug-likeness (QED) is 0.263. The summed E-state index contributed by atoms with van der Waals surface area (Å²) in [5.74, 6) is 0.741. The van der Waals surface area contributed by atoms with Crippen molar-refractivity contribution in [1.82, 2.24) is 19.5 Å². The van der Waals surface area contributed by atoms with Crippen molar-refractivity contribution in [2.75, 3.05) is 24.4 Å². The molecule has 3 heterocycles. The first kappa shape index (κ1) is 24.9. The van der Waals surface area contributed by atoms with Crippen LogP contribution in [-0.4, -0.2) is 39.4 Å². The molecule has 0 spiro atoms. The van der Waals surface area contributed by atoms with Crippen LogP contribution < -0.4 is 21.0 Å². The summed E-state index contributed by atoms with van der Waals surface area (Å²) in [5.41, 5.74) is 2.78. The lowest BCUT2D eigenvalue weighted by Gasteiger charge is -2.13. The second-order valence-electron chi connectivity index (χ2n) is 7.39. The van der Waals surface area contributed by atoms with Gasteiger partial charge in [0.05, 0.1) is 23.9 Å². The highest BCUT2D eigenvalue weighted by Gasteiger charge is 2.31. The lowest BCUT2D eigenvalue weighted by molar-refractivity contribution is -0.137. The summed E-state index contributed by atoms with van der Waals surface area (Å²) < 4.78 is 45.0. The average Bonchev–Trinajstić information content (AvgIpc) is 2.86. The fraction of sp³-hybridized carbons (Fsp3) is 0.174. The molecule has 0 amide bonds. The molecule has 0 bridgehead atoms. The summed E-state index contributed by atoms with van der Waals surface area (Å²) in [6.07, 6.45) is -0.815. The molecule has 0 saturated carbocycles. The third-order valence-corrected chi connectivity index (χ3v) is 5.29. The molecule has 0 aliphatic rings. The zero-order chi connectivity index (χ0) is 25.7. The molecule has 13 heteroatoms. The maximum atomic E-state index is 13.1. The van der Waals surface area contributed by atoms with Crippen molar-refractivity contribution in [3.63, 3.8) is 0 Å². The van der Waals surface area contributed by atoms with Crippen LogP contribution in [0.25, 0.3) is 11.2 Å². The van der Waals surface area contributed by atoms with Gasteiger partial charge in [-0.15, -0.1) is 0 Å². The lowest BCUT2D eigenvalue weighted by atomic mass is 10.2. The maximum absolute atomic E-state index is 13.1. The van der Waals surface area contributed by atoms with E-state index in [4.69, 9.17) is 16.3 Å². The standard InChI is InChI=1S/C23H19ClF3N7O2/c1-36-16-6-4-14(5-7-16)12-31-33-20-22(35)34(21-18(32-20)3-2-8-29-21)10-9-28-19-17(24)11-15(13-30-19)23(25,26)27/h2-8,11-13H,9-10H2,1H3,(H,28,30)(H,32,33)/b31-12-. The molecular weight excluding hydrogens is 499 g/mol. The van der Waals surface area contributed by atoms with Crippen molar-refractivity contribution in [2.24, 2.45) is 5.10 Å². The zero-order valence-electron chi connectivity index (χ0n) is 18.8. The van der Waals surface area contributed by atoms with Crippen LogP contribution in [0.15, 0.2) is 64.8 Å². The second kappa shape index (κ2) is 10.6. The summed E-state index contributed by atoms with van der Waals surface area (Å²) in [4.78, 5) is 25.4. The van der Waals surface area contributed by atoms with Gasteiger partial charge in [0.1, 0.15) is 17.1 Å².